The van der Waals surface area contributed by atoms with E-state index < -0.39 is 47.6 Å². The molecule has 4 aromatic carbocycles. The summed E-state index contributed by atoms with van der Waals surface area (Å²) in [6, 6.07) is 22.8. The van der Waals surface area contributed by atoms with Gasteiger partial charge in [-0.05, 0) is 126 Å². The minimum absolute atomic E-state index is 0.0176. The Balaban J connectivity index is 1.67. The van der Waals surface area contributed by atoms with Crippen LogP contribution < -0.4 is 24.2 Å². The van der Waals surface area contributed by atoms with Crippen LogP contribution in [0.4, 0.5) is 4.79 Å². The van der Waals surface area contributed by atoms with E-state index in [4.69, 9.17) is 18.9 Å². The number of hydrogen-bond donors (Lipinski definition) is 2. The molecule has 5 rings (SSSR count). The summed E-state index contributed by atoms with van der Waals surface area (Å²) in [5.74, 6) is 1.81. The van der Waals surface area contributed by atoms with Crippen molar-refractivity contribution in [2.24, 2.45) is 0 Å². The average molecular weight is 948 g/mol. The number of carbonyl (C=O) groups is 1. The van der Waals surface area contributed by atoms with Crippen LogP contribution in [-0.2, 0) is 44.4 Å². The number of methoxy groups -OCH3 is 3. The third kappa shape index (κ3) is 11.2. The number of halogens is 1. The molecular weight excluding hydrogens is 902 g/mol. The molecule has 310 valence electrons. The number of amides is 1. The van der Waals surface area contributed by atoms with Gasteiger partial charge >= 0.3 is 6.09 Å². The number of alkyl carbamates (subject to hydrolysis) is 1. The minimum atomic E-state index is -4.77. The van der Waals surface area contributed by atoms with Gasteiger partial charge in [0.25, 0.3) is 0 Å². The second-order valence-electron chi connectivity index (χ2n) is 14.1. The van der Waals surface area contributed by atoms with Crippen molar-refractivity contribution in [3.63, 3.8) is 0 Å². The summed E-state index contributed by atoms with van der Waals surface area (Å²) < 4.78 is 86.8. The summed E-state index contributed by atoms with van der Waals surface area (Å²) in [6.45, 7) is 6.30. The van der Waals surface area contributed by atoms with E-state index in [9.17, 15) is 13.2 Å². The molecule has 2 N–H and O–H groups in total. The average Bonchev–Trinajstić information content (AvgIpc) is 3.64. The van der Waals surface area contributed by atoms with Gasteiger partial charge in [-0.25, -0.2) is 31.0 Å². The highest BCUT2D eigenvalue weighted by molar-refractivity contribution is 14.1. The number of sulfonamides is 2. The van der Waals surface area contributed by atoms with Crippen molar-refractivity contribution in [1.29, 1.82) is 0 Å². The smallest absolute Gasteiger partial charge is 0.407 e. The highest BCUT2D eigenvalue weighted by atomic mass is 127. The molecule has 58 heavy (non-hydrogen) atoms. The number of benzene rings is 4. The number of ether oxygens (including phenoxy) is 4. The first-order valence-electron chi connectivity index (χ1n) is 17.9. The van der Waals surface area contributed by atoms with Crippen molar-refractivity contribution in [3.05, 3.63) is 105 Å². The van der Waals surface area contributed by atoms with Crippen LogP contribution in [0.15, 0.2) is 94.7 Å². The first-order valence-corrected chi connectivity index (χ1v) is 21.9. The van der Waals surface area contributed by atoms with Crippen molar-refractivity contribution >= 4 is 48.7 Å². The monoisotopic (exact) mass is 947 g/mol. The second-order valence-corrected chi connectivity index (χ2v) is 18.9. The van der Waals surface area contributed by atoms with Gasteiger partial charge in [-0.1, -0.05) is 36.4 Å². The number of hydrogen-bond acceptors (Lipinski definition) is 12. The lowest BCUT2D eigenvalue weighted by Crippen LogP contribution is -2.43. The molecule has 1 aromatic heterocycles. The van der Waals surface area contributed by atoms with Gasteiger partial charge in [0.05, 0.1) is 33.4 Å². The lowest BCUT2D eigenvalue weighted by Gasteiger charge is -2.26. The van der Waals surface area contributed by atoms with E-state index >= 15 is 8.42 Å². The molecule has 5 aromatic rings. The molecule has 0 radical (unpaired) electrons. The van der Waals surface area contributed by atoms with Gasteiger partial charge in [-0.2, -0.15) is 4.31 Å². The molecule has 0 aliphatic rings. The summed E-state index contributed by atoms with van der Waals surface area (Å²) in [7, 11) is -4.80. The number of rotatable bonds is 17. The Hall–Kier alpha value is -4.83. The largest absolute Gasteiger partial charge is 0.497 e. The van der Waals surface area contributed by atoms with Gasteiger partial charge in [0.2, 0.25) is 20.0 Å². The maximum atomic E-state index is 15.5. The Morgan fingerprint density at radius 2 is 1.29 bits per heavy atom. The normalized spacial score (nSPS) is 12.6. The molecule has 19 heteroatoms. The van der Waals surface area contributed by atoms with Crippen molar-refractivity contribution < 1.29 is 40.6 Å². The lowest BCUT2D eigenvalue weighted by molar-refractivity contribution is 0.0524. The maximum Gasteiger partial charge on any atom is 0.407 e. The van der Waals surface area contributed by atoms with Gasteiger partial charge in [0, 0.05) is 29.2 Å². The fourth-order valence-corrected chi connectivity index (χ4v) is 10.3. The Kier molecular flexibility index (Phi) is 14.4. The summed E-state index contributed by atoms with van der Waals surface area (Å²) in [4.78, 5) is 11.3. The first kappa shape index (κ1) is 44.3. The van der Waals surface area contributed by atoms with Crippen LogP contribution in [0.2, 0.25) is 0 Å². The standard InChI is InChI=1S/C39H46IN7O9S2/c1-26(22-41-38(48)56-39(2,3)4)43-57(49,50)34-21-20-33(40)35(37-42-44-45-47(37)25-29-12-18-32(55-7)19-13-29)36(34)58(51,52)46(23-27-8-14-30(53-5)15-9-27)24-28-10-16-31(54-6)17-11-28/h8-21,26,43H,22-25H2,1-7H3,(H,41,48)/t26-/m1/s1. The predicted molar refractivity (Wildman–Crippen MR) is 225 cm³/mol. The zero-order valence-electron chi connectivity index (χ0n) is 33.1. The van der Waals surface area contributed by atoms with E-state index in [0.29, 0.717) is 31.9 Å². The molecule has 1 amide bonds. The summed E-state index contributed by atoms with van der Waals surface area (Å²) in [6.07, 6.45) is -0.741. The predicted octanol–water partition coefficient (Wildman–Crippen LogP) is 5.60. The van der Waals surface area contributed by atoms with Crippen molar-refractivity contribution in [2.45, 2.75) is 68.8 Å². The van der Waals surface area contributed by atoms with Crippen molar-refractivity contribution in [1.82, 2.24) is 34.6 Å². The van der Waals surface area contributed by atoms with Crippen molar-refractivity contribution in [2.75, 3.05) is 27.9 Å². The highest BCUT2D eigenvalue weighted by Gasteiger charge is 2.38. The Morgan fingerprint density at radius 1 is 0.793 bits per heavy atom. The van der Waals surface area contributed by atoms with Gasteiger partial charge in [0.15, 0.2) is 5.82 Å². The van der Waals surface area contributed by atoms with Gasteiger partial charge in [0.1, 0.15) is 32.6 Å². The second kappa shape index (κ2) is 18.8. The molecule has 0 aliphatic carbocycles. The van der Waals surface area contributed by atoms with Crippen LogP contribution in [0.25, 0.3) is 11.4 Å². The Morgan fingerprint density at radius 3 is 1.78 bits per heavy atom. The van der Waals surface area contributed by atoms with Gasteiger partial charge < -0.3 is 24.3 Å². The van der Waals surface area contributed by atoms with Crippen LogP contribution in [0.5, 0.6) is 17.2 Å². The summed E-state index contributed by atoms with van der Waals surface area (Å²) in [5.41, 5.74) is 1.19. The van der Waals surface area contributed by atoms with Crippen LogP contribution >= 0.6 is 22.6 Å². The van der Waals surface area contributed by atoms with Crippen LogP contribution in [-0.4, -0.2) is 87.0 Å². The van der Waals surface area contributed by atoms with E-state index in [1.807, 2.05) is 34.7 Å². The molecule has 0 spiro atoms. The molecule has 16 nitrogen and oxygen atoms in total. The summed E-state index contributed by atoms with van der Waals surface area (Å²) >= 11 is 1.96. The van der Waals surface area contributed by atoms with E-state index in [1.165, 1.54) is 42.3 Å². The zero-order chi connectivity index (χ0) is 42.3. The molecule has 1 heterocycles. The number of nitrogens with one attached hydrogen (secondary N) is 2. The quantitative estimate of drug-likeness (QED) is 0.110. The Bertz CT molecular complexity index is 2360. The molecule has 1 atom stereocenters. The fourth-order valence-electron chi connectivity index (χ4n) is 5.75. The van der Waals surface area contributed by atoms with Crippen LogP contribution in [0, 0.1) is 3.57 Å². The molecule has 0 saturated carbocycles. The van der Waals surface area contributed by atoms with E-state index in [2.05, 4.69) is 25.6 Å². The molecule has 0 fully saturated rings. The topological polar surface area (TPSA) is 193 Å². The number of carbonyl (C=O) groups excluding carboxylic acids is 1. The van der Waals surface area contributed by atoms with Gasteiger partial charge in [-0.3, -0.25) is 0 Å². The number of nitrogens with zero attached hydrogens (tertiary/aromatic N) is 5. The van der Waals surface area contributed by atoms with Crippen molar-refractivity contribution in [3.8, 4) is 28.6 Å². The molecule has 0 aliphatic heterocycles. The zero-order valence-corrected chi connectivity index (χ0v) is 36.9. The third-order valence-corrected chi connectivity index (χ3v) is 13.1. The van der Waals surface area contributed by atoms with Crippen LogP contribution in [0.3, 0.4) is 0 Å². The first-order chi connectivity index (χ1) is 27.4. The lowest BCUT2D eigenvalue weighted by atomic mass is 10.2. The number of aromatic nitrogens is 4. The number of tetrazole rings is 1. The molecule has 0 bridgehead atoms. The van der Waals surface area contributed by atoms with E-state index in [0.717, 1.165) is 5.56 Å². The Labute approximate surface area is 352 Å². The molecule has 0 unspecified atom stereocenters. The van der Waals surface area contributed by atoms with Crippen LogP contribution in [0.1, 0.15) is 44.4 Å². The molecular formula is C39H46IN7O9S2. The van der Waals surface area contributed by atoms with Gasteiger partial charge in [-0.15, -0.1) is 5.10 Å². The van der Waals surface area contributed by atoms with E-state index in [1.54, 1.807) is 88.5 Å². The molecule has 0 saturated heterocycles. The third-order valence-electron chi connectivity index (χ3n) is 8.55. The summed E-state index contributed by atoms with van der Waals surface area (Å²) in [5, 5.41) is 14.9. The SMILES string of the molecule is COc1ccc(CN(Cc2ccc(OC)cc2)S(=O)(=O)c2c(S(=O)(=O)N[C@H](C)CNC(=O)OC(C)(C)C)ccc(I)c2-c2nnnn2Cc2ccc(OC)cc2)cc1. The minimum Gasteiger partial charge on any atom is -0.497 e. The fraction of sp³-hybridized carbons (Fsp3) is 0.333. The maximum absolute atomic E-state index is 15.5. The highest BCUT2D eigenvalue weighted by Crippen LogP contribution is 2.38. The van der Waals surface area contributed by atoms with E-state index in [-0.39, 0.29) is 37.6 Å².